The third-order valence-electron chi connectivity index (χ3n) is 16.8. The Kier molecular flexibility index (Phi) is 32.9. The van der Waals surface area contributed by atoms with Crippen LogP contribution in [0.2, 0.25) is 0 Å². The fraction of sp³-hybridized carbons (Fsp3) is 0.758. The van der Waals surface area contributed by atoms with E-state index >= 15 is 0 Å². The predicted molar refractivity (Wildman–Crippen MR) is 317 cm³/mol. The van der Waals surface area contributed by atoms with Gasteiger partial charge < -0.3 is 18.9 Å². The van der Waals surface area contributed by atoms with Gasteiger partial charge in [-0.25, -0.2) is 39.9 Å². The Hall–Kier alpha value is -3.84. The molecule has 4 fully saturated rings. The van der Waals surface area contributed by atoms with Crippen molar-refractivity contribution in [2.24, 2.45) is 23.7 Å². The van der Waals surface area contributed by atoms with Crippen LogP contribution in [0.25, 0.3) is 0 Å². The molecule has 0 spiro atoms. The Labute approximate surface area is 474 Å². The van der Waals surface area contributed by atoms with Crippen LogP contribution in [-0.4, -0.2) is 66.8 Å². The summed E-state index contributed by atoms with van der Waals surface area (Å²) in [6, 6.07) is 0. The molecule has 0 bridgehead atoms. The molecule has 0 aliphatic heterocycles. The van der Waals surface area contributed by atoms with Gasteiger partial charge in [0.2, 0.25) is 0 Å². The Morgan fingerprint density at radius 2 is 0.590 bits per heavy atom. The van der Waals surface area contributed by atoms with Crippen LogP contribution >= 0.6 is 0 Å². The normalized spacial score (nSPS) is 23.2. The molecule has 12 heteroatoms. The number of rotatable bonds is 26. The van der Waals surface area contributed by atoms with Gasteiger partial charge in [-0.3, -0.25) is 0 Å². The molecule has 12 nitrogen and oxygen atoms in total. The second-order valence-corrected chi connectivity index (χ2v) is 23.4. The van der Waals surface area contributed by atoms with Crippen LogP contribution in [-0.2, 0) is 45.4 Å². The van der Waals surface area contributed by atoms with Crippen LogP contribution in [0.15, 0.2) is 49.6 Å². The van der Waals surface area contributed by atoms with Gasteiger partial charge in [0.15, 0.2) is 0 Å². The molecular formula is C66H108N8O4. The minimum absolute atomic E-state index is 0.577. The van der Waals surface area contributed by atoms with Gasteiger partial charge in [0.05, 0.1) is 26.4 Å². The van der Waals surface area contributed by atoms with Crippen LogP contribution in [0, 0.1) is 23.7 Å². The van der Waals surface area contributed by atoms with E-state index in [0.717, 1.165) is 102 Å². The minimum Gasteiger partial charge on any atom is -0.380 e. The summed E-state index contributed by atoms with van der Waals surface area (Å²) < 4.78 is 21.6. The van der Waals surface area contributed by atoms with E-state index in [-0.39, 0.29) is 0 Å². The highest BCUT2D eigenvalue weighted by atomic mass is 16.5. The zero-order valence-corrected chi connectivity index (χ0v) is 50.5. The van der Waals surface area contributed by atoms with Gasteiger partial charge in [-0.1, -0.05) is 99.3 Å². The number of hydrogen-bond donors (Lipinski definition) is 0. The smallest absolute Gasteiger partial charge is 0.131 e. The second kappa shape index (κ2) is 39.5. The maximum absolute atomic E-state index is 5.61. The number of methoxy groups -OCH3 is 1. The van der Waals surface area contributed by atoms with Gasteiger partial charge in [-0.15, -0.1) is 0 Å². The SMILES string of the molecule is CCCCOCc1cnc([C@H]2CC[C@H](CCC)CC2)nc1.CCCOCc1cnc([C@H]2CC[C@H](CCC)CC2)nc1.CCC[C@H]1CC[C@H](c2ncc(COC)cn2)CC1.CCC[C@H]1CC[C@H](c2ncc(COCC)cn2)CC1. The standard InChI is InChI=1S/C18H30N2O.C17H28N2O.C16H26N2O.C15H24N2O/c1-3-5-11-21-14-16-12-19-18(20-13-16)17-9-7-15(6-4-2)8-10-17;1-3-5-14-6-8-16(9-7-14)17-18-11-15(12-19-17)13-20-10-4-2;1-3-5-13-6-8-15(9-7-13)16-17-10-14(11-18-16)12-19-4-2;1-3-4-12-5-7-14(8-6-12)15-16-9-13(10-17-15)11-18-2/h12-13,15,17H,3-11,14H2,1-2H3;11-12,14,16H,3-10,13H2,1-2H3;10-11,13,15H,3-9,12H2,1-2H3;9-10,12,14H,3-8,11H2,1-2H3/t15-,17-;14-,16-;13-,15-;12-,14-. The average molecular weight is 1080 g/mol. The lowest BCUT2D eigenvalue weighted by Crippen LogP contribution is -2.15. The van der Waals surface area contributed by atoms with Gasteiger partial charge in [-0.2, -0.15) is 0 Å². The first-order valence-electron chi connectivity index (χ1n) is 31.8. The first kappa shape index (κ1) is 65.0. The van der Waals surface area contributed by atoms with E-state index in [4.69, 9.17) is 18.9 Å². The molecular weight excluding hydrogens is 969 g/mol. The molecule has 4 aromatic heterocycles. The zero-order valence-electron chi connectivity index (χ0n) is 50.5. The lowest BCUT2D eigenvalue weighted by atomic mass is 9.80. The zero-order chi connectivity index (χ0) is 55.4. The Morgan fingerprint density at radius 1 is 0.321 bits per heavy atom. The molecule has 0 N–H and O–H groups in total. The maximum atomic E-state index is 5.61. The molecule has 4 aromatic rings. The molecule has 78 heavy (non-hydrogen) atoms. The van der Waals surface area contributed by atoms with Crippen LogP contribution in [0.5, 0.6) is 0 Å². The van der Waals surface area contributed by atoms with E-state index in [1.54, 1.807) is 7.11 Å². The molecule has 0 radical (unpaired) electrons. The van der Waals surface area contributed by atoms with Crippen LogP contribution in [0.1, 0.15) is 291 Å². The van der Waals surface area contributed by atoms with E-state index in [1.807, 2.05) is 56.5 Å². The van der Waals surface area contributed by atoms with Crippen LogP contribution in [0.4, 0.5) is 0 Å². The van der Waals surface area contributed by atoms with Crippen molar-refractivity contribution >= 4 is 0 Å². The molecule has 0 amide bonds. The summed E-state index contributed by atoms with van der Waals surface area (Å²) in [7, 11) is 1.70. The van der Waals surface area contributed by atoms with Gasteiger partial charge in [0, 0.05) is 122 Å². The van der Waals surface area contributed by atoms with E-state index in [0.29, 0.717) is 50.1 Å². The number of hydrogen-bond acceptors (Lipinski definition) is 12. The fourth-order valence-corrected chi connectivity index (χ4v) is 12.2. The number of nitrogens with zero attached hydrogens (tertiary/aromatic N) is 8. The van der Waals surface area contributed by atoms with E-state index in [2.05, 4.69) is 81.4 Å². The molecule has 436 valence electrons. The topological polar surface area (TPSA) is 140 Å². The monoisotopic (exact) mass is 1080 g/mol. The largest absolute Gasteiger partial charge is 0.380 e. The van der Waals surface area contributed by atoms with E-state index in [1.165, 1.54) is 161 Å². The summed E-state index contributed by atoms with van der Waals surface area (Å²) >= 11 is 0. The summed E-state index contributed by atoms with van der Waals surface area (Å²) in [6.07, 6.45) is 50.5. The third-order valence-corrected chi connectivity index (χ3v) is 16.8. The van der Waals surface area contributed by atoms with Crippen molar-refractivity contribution in [3.8, 4) is 0 Å². The van der Waals surface area contributed by atoms with Gasteiger partial charge in [0.1, 0.15) is 23.3 Å². The molecule has 0 aromatic carbocycles. The fourth-order valence-electron chi connectivity index (χ4n) is 12.2. The van der Waals surface area contributed by atoms with Crippen molar-refractivity contribution in [2.75, 3.05) is 26.9 Å². The van der Waals surface area contributed by atoms with Crippen LogP contribution < -0.4 is 0 Å². The highest BCUT2D eigenvalue weighted by Gasteiger charge is 2.27. The van der Waals surface area contributed by atoms with Crippen molar-refractivity contribution in [3.63, 3.8) is 0 Å². The highest BCUT2D eigenvalue weighted by Crippen LogP contribution is 2.39. The second-order valence-electron chi connectivity index (χ2n) is 23.4. The first-order chi connectivity index (χ1) is 38.3. The number of ether oxygens (including phenoxy) is 4. The Balaban J connectivity index is 0.000000192. The van der Waals surface area contributed by atoms with Gasteiger partial charge in [-0.05, 0) is 146 Å². The van der Waals surface area contributed by atoms with Crippen molar-refractivity contribution < 1.29 is 18.9 Å². The molecule has 8 rings (SSSR count). The van der Waals surface area contributed by atoms with Gasteiger partial charge in [0.25, 0.3) is 0 Å². The molecule has 0 unspecified atom stereocenters. The van der Waals surface area contributed by atoms with Crippen molar-refractivity contribution in [1.29, 1.82) is 0 Å². The predicted octanol–water partition coefficient (Wildman–Crippen LogP) is 17.1. The number of aromatic nitrogens is 8. The molecule has 4 saturated carbocycles. The average Bonchev–Trinajstić information content (AvgIpc) is 3.49. The lowest BCUT2D eigenvalue weighted by molar-refractivity contribution is 0.117. The molecule has 4 heterocycles. The Bertz CT molecular complexity index is 2050. The molecule has 4 aliphatic rings. The van der Waals surface area contributed by atoms with E-state index < -0.39 is 0 Å². The minimum atomic E-state index is 0.577. The first-order valence-corrected chi connectivity index (χ1v) is 31.8. The Morgan fingerprint density at radius 3 is 0.833 bits per heavy atom. The van der Waals surface area contributed by atoms with E-state index in [9.17, 15) is 0 Å². The third kappa shape index (κ3) is 24.5. The van der Waals surface area contributed by atoms with Gasteiger partial charge >= 0.3 is 0 Å². The highest BCUT2D eigenvalue weighted by molar-refractivity contribution is 5.10. The summed E-state index contributed by atoms with van der Waals surface area (Å²) in [4.78, 5) is 36.4. The molecule has 0 saturated heterocycles. The molecule has 0 atom stereocenters. The summed E-state index contributed by atoms with van der Waals surface area (Å²) in [5.41, 5.74) is 4.31. The summed E-state index contributed by atoms with van der Waals surface area (Å²) in [6.45, 7) is 20.3. The summed E-state index contributed by atoms with van der Waals surface area (Å²) in [5.74, 6) is 10.2. The van der Waals surface area contributed by atoms with Crippen LogP contribution in [0.3, 0.4) is 0 Å². The van der Waals surface area contributed by atoms with Crippen molar-refractivity contribution in [2.45, 2.75) is 272 Å². The maximum Gasteiger partial charge on any atom is 0.131 e. The summed E-state index contributed by atoms with van der Waals surface area (Å²) in [5, 5.41) is 0. The van der Waals surface area contributed by atoms with Crippen molar-refractivity contribution in [3.05, 3.63) is 95.1 Å². The number of unbranched alkanes of at least 4 members (excludes halogenated alkanes) is 1. The quantitative estimate of drug-likeness (QED) is 0.0553. The lowest BCUT2D eigenvalue weighted by Gasteiger charge is -2.27. The molecule has 4 aliphatic carbocycles. The van der Waals surface area contributed by atoms with Crippen molar-refractivity contribution in [1.82, 2.24) is 39.9 Å².